The molecule has 2 amide bonds. The molecule has 0 spiro atoms. The van der Waals surface area contributed by atoms with Crippen molar-refractivity contribution >= 4 is 11.7 Å². The quantitative estimate of drug-likeness (QED) is 0.780. The lowest BCUT2D eigenvalue weighted by atomic mass is 10.1. The number of aromatic nitrogens is 2. The fraction of sp³-hybridized carbons (Fsp3) is 0.211. The van der Waals surface area contributed by atoms with Crippen molar-refractivity contribution in [3.63, 3.8) is 0 Å². The summed E-state index contributed by atoms with van der Waals surface area (Å²) in [6, 6.07) is 16.8. The molecule has 0 saturated carbocycles. The number of benzene rings is 2. The summed E-state index contributed by atoms with van der Waals surface area (Å²) < 4.78 is 11.0. The van der Waals surface area contributed by atoms with Crippen LogP contribution < -0.4 is 10.1 Å². The van der Waals surface area contributed by atoms with E-state index >= 15 is 0 Å². The summed E-state index contributed by atoms with van der Waals surface area (Å²) in [5, 5.41) is 6.64. The van der Waals surface area contributed by atoms with Crippen LogP contribution in [0.15, 0.2) is 59.1 Å². The lowest BCUT2D eigenvalue weighted by molar-refractivity contribution is 0.0493. The van der Waals surface area contributed by atoms with E-state index in [1.54, 1.807) is 11.8 Å². The van der Waals surface area contributed by atoms with Gasteiger partial charge in [-0.05, 0) is 43.3 Å². The first-order chi connectivity index (χ1) is 12.7. The summed E-state index contributed by atoms with van der Waals surface area (Å²) in [7, 11) is 0. The second-order valence-electron chi connectivity index (χ2n) is 6.11. The second kappa shape index (κ2) is 6.87. The third kappa shape index (κ3) is 3.51. The number of amides is 2. The first-order valence-corrected chi connectivity index (χ1v) is 8.36. The van der Waals surface area contributed by atoms with Crippen LogP contribution in [0, 0.1) is 6.92 Å². The number of likely N-dealkylation sites (tertiary alicyclic amines) is 1. The fourth-order valence-electron chi connectivity index (χ4n) is 2.69. The monoisotopic (exact) mass is 350 g/mol. The number of aryl methyl sites for hydroxylation is 1. The average Bonchev–Trinajstić information content (AvgIpc) is 3.05. The summed E-state index contributed by atoms with van der Waals surface area (Å²) in [6.45, 7) is 2.90. The molecule has 0 aliphatic carbocycles. The van der Waals surface area contributed by atoms with Gasteiger partial charge in [-0.1, -0.05) is 23.4 Å². The van der Waals surface area contributed by atoms with Crippen LogP contribution >= 0.6 is 0 Å². The van der Waals surface area contributed by atoms with E-state index in [-0.39, 0.29) is 12.1 Å². The van der Waals surface area contributed by atoms with Crippen LogP contribution in [0.2, 0.25) is 0 Å². The van der Waals surface area contributed by atoms with Crippen LogP contribution in [-0.4, -0.2) is 40.3 Å². The van der Waals surface area contributed by atoms with Gasteiger partial charge in [0, 0.05) is 11.3 Å². The topological polar surface area (TPSA) is 80.5 Å². The number of nitrogens with zero attached hydrogens (tertiary/aromatic N) is 3. The van der Waals surface area contributed by atoms with Crippen molar-refractivity contribution in [2.24, 2.45) is 0 Å². The molecular formula is C19H18N4O3. The van der Waals surface area contributed by atoms with Crippen LogP contribution in [0.3, 0.4) is 0 Å². The zero-order valence-corrected chi connectivity index (χ0v) is 14.3. The molecule has 1 aliphatic heterocycles. The minimum Gasteiger partial charge on any atom is -0.487 e. The Labute approximate surface area is 150 Å². The van der Waals surface area contributed by atoms with E-state index < -0.39 is 0 Å². The Morgan fingerprint density at radius 3 is 2.54 bits per heavy atom. The maximum atomic E-state index is 12.1. The molecule has 7 nitrogen and oxygen atoms in total. The molecule has 1 aliphatic rings. The maximum Gasteiger partial charge on any atom is 0.322 e. The Bertz CT molecular complexity index is 887. The van der Waals surface area contributed by atoms with E-state index in [0.29, 0.717) is 24.8 Å². The number of carbonyl (C=O) groups excluding carboxylic acids is 1. The molecule has 3 aromatic rings. The summed E-state index contributed by atoms with van der Waals surface area (Å²) in [5.74, 6) is 1.84. The van der Waals surface area contributed by atoms with Gasteiger partial charge in [0.25, 0.3) is 5.89 Å². The van der Waals surface area contributed by atoms with Crippen molar-refractivity contribution in [3.05, 3.63) is 60.4 Å². The lowest BCUT2D eigenvalue weighted by Crippen LogP contribution is -2.57. The number of para-hydroxylation sites is 1. The summed E-state index contributed by atoms with van der Waals surface area (Å²) in [5.41, 5.74) is 1.63. The number of nitrogens with one attached hydrogen (secondary N) is 1. The molecule has 132 valence electrons. The molecule has 1 N–H and O–H groups in total. The second-order valence-corrected chi connectivity index (χ2v) is 6.11. The van der Waals surface area contributed by atoms with Crippen LogP contribution in [0.5, 0.6) is 5.75 Å². The number of carbonyl (C=O) groups is 1. The molecule has 2 aromatic carbocycles. The van der Waals surface area contributed by atoms with Gasteiger partial charge >= 0.3 is 6.03 Å². The van der Waals surface area contributed by atoms with Crippen LogP contribution in [0.4, 0.5) is 10.5 Å². The first-order valence-electron chi connectivity index (χ1n) is 8.36. The minimum atomic E-state index is -0.113. The average molecular weight is 350 g/mol. The normalized spacial score (nSPS) is 14.0. The molecular weight excluding hydrogens is 332 g/mol. The molecule has 2 heterocycles. The molecule has 0 bridgehead atoms. The van der Waals surface area contributed by atoms with Crippen molar-refractivity contribution < 1.29 is 14.1 Å². The highest BCUT2D eigenvalue weighted by atomic mass is 16.5. The van der Waals surface area contributed by atoms with Crippen molar-refractivity contribution in [2.45, 2.75) is 13.0 Å². The van der Waals surface area contributed by atoms with Gasteiger partial charge in [0.1, 0.15) is 11.9 Å². The van der Waals surface area contributed by atoms with Crippen LogP contribution in [-0.2, 0) is 0 Å². The highest BCUT2D eigenvalue weighted by Crippen LogP contribution is 2.23. The van der Waals surface area contributed by atoms with E-state index in [0.717, 1.165) is 17.0 Å². The molecule has 1 aromatic heterocycles. The van der Waals surface area contributed by atoms with Crippen LogP contribution in [0.25, 0.3) is 11.5 Å². The zero-order valence-electron chi connectivity index (χ0n) is 14.3. The van der Waals surface area contributed by atoms with Gasteiger partial charge in [0.2, 0.25) is 0 Å². The van der Waals surface area contributed by atoms with E-state index in [2.05, 4.69) is 15.5 Å². The van der Waals surface area contributed by atoms with Crippen LogP contribution in [0.1, 0.15) is 5.82 Å². The smallest absolute Gasteiger partial charge is 0.322 e. The Kier molecular flexibility index (Phi) is 4.27. The maximum absolute atomic E-state index is 12.1. The highest BCUT2D eigenvalue weighted by Gasteiger charge is 2.32. The molecule has 1 saturated heterocycles. The Balaban J connectivity index is 1.28. The Hall–Kier alpha value is -3.35. The molecule has 0 unspecified atom stereocenters. The predicted octanol–water partition coefficient (Wildman–Crippen LogP) is 3.34. The number of hydrogen-bond acceptors (Lipinski definition) is 5. The number of hydrogen-bond donors (Lipinski definition) is 1. The van der Waals surface area contributed by atoms with Crippen molar-refractivity contribution in [1.29, 1.82) is 0 Å². The first kappa shape index (κ1) is 16.1. The fourth-order valence-corrected chi connectivity index (χ4v) is 2.69. The van der Waals surface area contributed by atoms with Crippen molar-refractivity contribution in [1.82, 2.24) is 15.0 Å². The number of ether oxygens (including phenoxy) is 1. The van der Waals surface area contributed by atoms with Crippen molar-refractivity contribution in [2.75, 3.05) is 18.4 Å². The Morgan fingerprint density at radius 2 is 1.88 bits per heavy atom. The van der Waals surface area contributed by atoms with Gasteiger partial charge in [0.05, 0.1) is 13.1 Å². The van der Waals surface area contributed by atoms with Crippen molar-refractivity contribution in [3.8, 4) is 17.2 Å². The van der Waals surface area contributed by atoms with E-state index in [1.807, 2.05) is 54.6 Å². The standard InChI is InChI=1S/C19H18N4O3/c1-13-20-18(26-22-13)14-7-9-16(10-8-14)25-17-11-23(12-17)19(24)21-15-5-3-2-4-6-15/h2-10,17H,11-12H2,1H3,(H,21,24). The number of urea groups is 1. The molecule has 1 fully saturated rings. The predicted molar refractivity (Wildman–Crippen MR) is 95.9 cm³/mol. The molecule has 0 atom stereocenters. The van der Waals surface area contributed by atoms with Gasteiger partial charge in [-0.3, -0.25) is 0 Å². The van der Waals surface area contributed by atoms with Gasteiger partial charge in [-0.25, -0.2) is 4.79 Å². The number of anilines is 1. The largest absolute Gasteiger partial charge is 0.487 e. The lowest BCUT2D eigenvalue weighted by Gasteiger charge is -2.38. The van der Waals surface area contributed by atoms with E-state index in [1.165, 1.54) is 0 Å². The van der Waals surface area contributed by atoms with Gasteiger partial charge in [-0.15, -0.1) is 0 Å². The Morgan fingerprint density at radius 1 is 1.15 bits per heavy atom. The molecule has 26 heavy (non-hydrogen) atoms. The summed E-state index contributed by atoms with van der Waals surface area (Å²) >= 11 is 0. The third-order valence-corrected chi connectivity index (χ3v) is 4.09. The summed E-state index contributed by atoms with van der Waals surface area (Å²) in [6.07, 6.45) is -0.00646. The third-order valence-electron chi connectivity index (χ3n) is 4.09. The van der Waals surface area contributed by atoms with Gasteiger partial charge < -0.3 is 19.5 Å². The zero-order chi connectivity index (χ0) is 17.9. The summed E-state index contributed by atoms with van der Waals surface area (Å²) in [4.78, 5) is 18.0. The molecule has 0 radical (unpaired) electrons. The SMILES string of the molecule is Cc1noc(-c2ccc(OC3CN(C(=O)Nc4ccccc4)C3)cc2)n1. The van der Waals surface area contributed by atoms with Gasteiger partial charge in [0.15, 0.2) is 5.82 Å². The highest BCUT2D eigenvalue weighted by molar-refractivity contribution is 5.89. The minimum absolute atomic E-state index is 0.00646. The van der Waals surface area contributed by atoms with E-state index in [9.17, 15) is 4.79 Å². The molecule has 7 heteroatoms. The number of rotatable bonds is 4. The molecule has 4 rings (SSSR count). The van der Waals surface area contributed by atoms with E-state index in [4.69, 9.17) is 9.26 Å². The van der Waals surface area contributed by atoms with Gasteiger partial charge in [-0.2, -0.15) is 4.98 Å².